The summed E-state index contributed by atoms with van der Waals surface area (Å²) in [4.78, 5) is 9.69. The molecule has 3 aromatic rings. The van der Waals surface area contributed by atoms with Gasteiger partial charge < -0.3 is 4.57 Å². The van der Waals surface area contributed by atoms with Crippen LogP contribution < -0.4 is 4.00 Å². The number of nitrogens with zero attached hydrogens (tertiary/aromatic N) is 4. The van der Waals surface area contributed by atoms with Crippen molar-refractivity contribution in [1.82, 2.24) is 18.5 Å². The maximum absolute atomic E-state index is 7.13. The van der Waals surface area contributed by atoms with Crippen LogP contribution in [0.15, 0.2) is 18.3 Å². The molecule has 0 fully saturated rings. The van der Waals surface area contributed by atoms with Gasteiger partial charge in [-0.3, -0.25) is 0 Å². The highest BCUT2D eigenvalue weighted by molar-refractivity contribution is 6.22. The second-order valence-corrected chi connectivity index (χ2v) is 8.63. The predicted octanol–water partition coefficient (Wildman–Crippen LogP) is 6.24. The van der Waals surface area contributed by atoms with Gasteiger partial charge in [0.05, 0.1) is 12.2 Å². The van der Waals surface area contributed by atoms with Crippen LogP contribution in [0.1, 0.15) is 54.8 Å². The number of benzene rings is 1. The van der Waals surface area contributed by atoms with Gasteiger partial charge >= 0.3 is 0 Å². The highest BCUT2D eigenvalue weighted by Gasteiger charge is 2.33. The van der Waals surface area contributed by atoms with Crippen molar-refractivity contribution in [3.8, 4) is 5.69 Å². The summed E-state index contributed by atoms with van der Waals surface area (Å²) in [6.07, 6.45) is 4.36. The van der Waals surface area contributed by atoms with Crippen LogP contribution in [0, 0.1) is 34.6 Å². The van der Waals surface area contributed by atoms with E-state index < -0.39 is 0 Å². The number of fused-ring (bicyclic) bond motifs is 1. The third kappa shape index (κ3) is 3.56. The van der Waals surface area contributed by atoms with Crippen LogP contribution >= 0.6 is 11.8 Å². The minimum absolute atomic E-state index is 0.324. The molecule has 0 saturated heterocycles. The lowest BCUT2D eigenvalue weighted by Crippen LogP contribution is -2.41. The average Bonchev–Trinajstić information content (AvgIpc) is 2.94. The molecular formula is C23H32ClN4+. The first-order valence-electron chi connectivity index (χ1n) is 10.2. The second kappa shape index (κ2) is 7.84. The maximum atomic E-state index is 7.13. The molecule has 4 nitrogen and oxygen atoms in total. The van der Waals surface area contributed by atoms with Crippen molar-refractivity contribution >= 4 is 28.6 Å². The number of unbranched alkanes of at least 4 members (excludes halogenated alkanes) is 1. The lowest BCUT2D eigenvalue weighted by Gasteiger charge is -2.27. The van der Waals surface area contributed by atoms with E-state index in [0.717, 1.165) is 54.2 Å². The topological polar surface area (TPSA) is 30.7 Å². The number of aromatic nitrogens is 3. The van der Waals surface area contributed by atoms with E-state index in [-0.39, 0.29) is 0 Å². The molecular weight excluding hydrogens is 368 g/mol. The lowest BCUT2D eigenvalue weighted by atomic mass is 10.1. The largest absolute Gasteiger partial charge is 0.300 e. The molecule has 0 aliphatic carbocycles. The van der Waals surface area contributed by atoms with E-state index in [1.807, 2.05) is 6.92 Å². The molecule has 0 aliphatic heterocycles. The molecule has 0 radical (unpaired) electrons. The quantitative estimate of drug-likeness (QED) is 0.459. The molecule has 28 heavy (non-hydrogen) atoms. The van der Waals surface area contributed by atoms with Crippen LogP contribution in [0.25, 0.3) is 16.7 Å². The zero-order chi connectivity index (χ0) is 20.6. The van der Waals surface area contributed by atoms with Crippen LogP contribution in [0.5, 0.6) is 0 Å². The lowest BCUT2D eigenvalue weighted by molar-refractivity contribution is 0.443. The molecule has 0 aliphatic rings. The van der Waals surface area contributed by atoms with E-state index in [4.69, 9.17) is 21.7 Å². The van der Waals surface area contributed by atoms with E-state index in [0.29, 0.717) is 4.00 Å². The van der Waals surface area contributed by atoms with Crippen LogP contribution in [0.4, 0.5) is 5.82 Å². The van der Waals surface area contributed by atoms with Crippen molar-refractivity contribution in [1.29, 1.82) is 0 Å². The first-order chi connectivity index (χ1) is 13.2. The molecule has 2 aromatic heterocycles. The zero-order valence-corrected chi connectivity index (χ0v) is 19.0. The van der Waals surface area contributed by atoms with Gasteiger partial charge in [0.1, 0.15) is 17.8 Å². The Morgan fingerprint density at radius 3 is 2.18 bits per heavy atom. The van der Waals surface area contributed by atoms with Gasteiger partial charge in [0, 0.05) is 6.20 Å². The SMILES string of the molecule is CCCC[N+](Cl)(CC)c1nc(C)nc2c1c(C)cn2-c1c(C)cc(C)cc1C. The van der Waals surface area contributed by atoms with E-state index in [1.165, 1.54) is 22.4 Å². The molecule has 1 unspecified atom stereocenters. The Balaban J connectivity index is 2.33. The van der Waals surface area contributed by atoms with Gasteiger partial charge in [-0.2, -0.15) is 8.99 Å². The smallest absolute Gasteiger partial charge is 0.258 e. The standard InChI is InChI=1S/C23H32ClN4/c1-8-10-11-28(24,9-2)23-20-18(6)14-27(22(20)25-19(7)26-23)21-16(4)12-15(3)13-17(21)5/h12-14H,8-11H2,1-7H3/q+1. The van der Waals surface area contributed by atoms with Crippen molar-refractivity contribution < 1.29 is 0 Å². The van der Waals surface area contributed by atoms with Crippen molar-refractivity contribution in [2.24, 2.45) is 0 Å². The summed E-state index contributed by atoms with van der Waals surface area (Å²) in [6.45, 7) is 16.6. The molecule has 5 heteroatoms. The maximum Gasteiger partial charge on any atom is 0.258 e. The van der Waals surface area contributed by atoms with E-state index in [9.17, 15) is 0 Å². The Kier molecular flexibility index (Phi) is 5.83. The Labute approximate surface area is 173 Å². The van der Waals surface area contributed by atoms with E-state index >= 15 is 0 Å². The molecule has 0 amide bonds. The van der Waals surface area contributed by atoms with Gasteiger partial charge in [0.25, 0.3) is 5.82 Å². The number of halogens is 1. The second-order valence-electron chi connectivity index (χ2n) is 7.98. The zero-order valence-electron chi connectivity index (χ0n) is 18.2. The van der Waals surface area contributed by atoms with Gasteiger partial charge in [-0.15, -0.1) is 0 Å². The van der Waals surface area contributed by atoms with Gasteiger partial charge in [-0.25, -0.2) is 4.98 Å². The number of hydrogen-bond donors (Lipinski definition) is 0. The summed E-state index contributed by atoms with van der Waals surface area (Å²) in [7, 11) is 0. The van der Waals surface area contributed by atoms with Crippen molar-refractivity contribution in [2.45, 2.75) is 61.3 Å². The van der Waals surface area contributed by atoms with Gasteiger partial charge in [-0.1, -0.05) is 31.0 Å². The fourth-order valence-corrected chi connectivity index (χ4v) is 4.47. The van der Waals surface area contributed by atoms with Crippen molar-refractivity contribution in [2.75, 3.05) is 13.1 Å². The van der Waals surface area contributed by atoms with Crippen molar-refractivity contribution in [3.63, 3.8) is 0 Å². The monoisotopic (exact) mass is 399 g/mol. The van der Waals surface area contributed by atoms with Crippen LogP contribution in [-0.4, -0.2) is 27.6 Å². The fraction of sp³-hybridized carbons (Fsp3) is 0.478. The number of hydrogen-bond acceptors (Lipinski definition) is 2. The predicted molar refractivity (Wildman–Crippen MR) is 121 cm³/mol. The molecule has 1 aromatic carbocycles. The van der Waals surface area contributed by atoms with Crippen molar-refractivity contribution in [3.05, 3.63) is 46.4 Å². The molecule has 3 rings (SSSR count). The first kappa shape index (κ1) is 20.8. The summed E-state index contributed by atoms with van der Waals surface area (Å²) in [6, 6.07) is 4.46. The van der Waals surface area contributed by atoms with Crippen LogP contribution in [0.3, 0.4) is 0 Å². The molecule has 0 spiro atoms. The molecule has 0 saturated carbocycles. The summed E-state index contributed by atoms with van der Waals surface area (Å²) < 4.78 is 2.55. The minimum Gasteiger partial charge on any atom is -0.300 e. The van der Waals surface area contributed by atoms with Crippen LogP contribution in [-0.2, 0) is 0 Å². The molecule has 150 valence electrons. The summed E-state index contributed by atoms with van der Waals surface area (Å²) in [5.41, 5.74) is 7.09. The molecule has 0 N–H and O–H groups in total. The molecule has 2 heterocycles. The van der Waals surface area contributed by atoms with Gasteiger partial charge in [0.15, 0.2) is 17.4 Å². The third-order valence-electron chi connectivity index (χ3n) is 5.55. The highest BCUT2D eigenvalue weighted by Crippen LogP contribution is 2.37. The Hall–Kier alpha value is -1.91. The highest BCUT2D eigenvalue weighted by atomic mass is 35.5. The van der Waals surface area contributed by atoms with E-state index in [1.54, 1.807) is 0 Å². The summed E-state index contributed by atoms with van der Waals surface area (Å²) in [5, 5.41) is 1.08. The fourth-order valence-electron chi connectivity index (χ4n) is 4.23. The van der Waals surface area contributed by atoms with Crippen LogP contribution in [0.2, 0.25) is 0 Å². The normalized spacial score (nSPS) is 13.9. The summed E-state index contributed by atoms with van der Waals surface area (Å²) in [5.74, 6) is 1.69. The van der Waals surface area contributed by atoms with E-state index in [2.05, 4.69) is 64.4 Å². The van der Waals surface area contributed by atoms with Gasteiger partial charge in [-0.05, 0) is 64.7 Å². The van der Waals surface area contributed by atoms with Gasteiger partial charge in [0.2, 0.25) is 0 Å². The Morgan fingerprint density at radius 1 is 0.964 bits per heavy atom. The molecule has 1 atom stereocenters. The first-order valence-corrected chi connectivity index (χ1v) is 10.6. The average molecular weight is 400 g/mol. The number of aryl methyl sites for hydroxylation is 5. The minimum atomic E-state index is 0.324. The Morgan fingerprint density at radius 2 is 1.61 bits per heavy atom. The molecule has 0 bridgehead atoms. The summed E-state index contributed by atoms with van der Waals surface area (Å²) >= 11 is 7.13. The third-order valence-corrected chi connectivity index (χ3v) is 6.12. The number of quaternary nitrogens is 1. The Bertz CT molecular complexity index is 998. The number of rotatable bonds is 6.